The lowest BCUT2D eigenvalue weighted by molar-refractivity contribution is -0.658. The number of hydrogen-bond donors (Lipinski definition) is 2. The van der Waals surface area contributed by atoms with E-state index < -0.39 is 17.6 Å². The number of aromatic amines is 1. The third kappa shape index (κ3) is 5.75. The fourth-order valence-electron chi connectivity index (χ4n) is 3.31. The Balaban J connectivity index is 1.56. The van der Waals surface area contributed by atoms with Crippen LogP contribution in [0, 0.1) is 5.21 Å². The highest BCUT2D eigenvalue weighted by molar-refractivity contribution is 6.00. The number of rotatable bonds is 8. The van der Waals surface area contributed by atoms with Gasteiger partial charge in [0, 0.05) is 18.2 Å². The molecule has 4 rings (SSSR count). The summed E-state index contributed by atoms with van der Waals surface area (Å²) in [5, 5.41) is 20.5. The first kappa shape index (κ1) is 25.8. The van der Waals surface area contributed by atoms with Crippen LogP contribution >= 0.6 is 0 Å². The van der Waals surface area contributed by atoms with Crippen molar-refractivity contribution in [3.05, 3.63) is 89.7 Å². The maximum Gasteiger partial charge on any atom is 0.416 e. The highest BCUT2D eigenvalue weighted by Gasteiger charge is 2.32. The van der Waals surface area contributed by atoms with Crippen LogP contribution < -0.4 is 24.4 Å². The van der Waals surface area contributed by atoms with Gasteiger partial charge in [-0.3, -0.25) is 14.5 Å². The van der Waals surface area contributed by atoms with Crippen LogP contribution in [0.4, 0.5) is 24.5 Å². The van der Waals surface area contributed by atoms with Gasteiger partial charge < -0.3 is 15.3 Å². The largest absolute Gasteiger partial charge is 0.618 e. The molecule has 0 aliphatic rings. The molecule has 2 amide bonds. The van der Waals surface area contributed by atoms with Crippen molar-refractivity contribution in [2.24, 2.45) is 4.99 Å². The number of alkyl halides is 3. The number of H-pyrrole nitrogens is 1. The average Bonchev–Trinajstić information content (AvgIpc) is 3.45. The topological polar surface area (TPSA) is 130 Å². The number of nitrogens with zero attached hydrogens (tertiary/aromatic N) is 5. The first-order chi connectivity index (χ1) is 18.2. The highest BCUT2D eigenvalue weighted by Crippen LogP contribution is 2.33. The second-order valence-corrected chi connectivity index (χ2v) is 7.60. The lowest BCUT2D eigenvalue weighted by atomic mass is 10.1. The van der Waals surface area contributed by atoms with Crippen LogP contribution in [-0.2, 0) is 11.0 Å². The van der Waals surface area contributed by atoms with Crippen LogP contribution in [-0.4, -0.2) is 36.0 Å². The standard InChI is InChI=1S/C24H18F3N7O4/c1-28-23(36)22-13-19(8-10-34(22)37)38-18-5-3-17(4-6-18)29-14-32(15-35)21-12-16(24(25,26)27)2-7-20(21)33-11-9-30-31-33/h2-15H,1H3,(H,28,36)/p+1. The summed E-state index contributed by atoms with van der Waals surface area (Å²) in [5.41, 5.74) is -0.581. The molecule has 0 bridgehead atoms. The lowest BCUT2D eigenvalue weighted by Crippen LogP contribution is -2.37. The monoisotopic (exact) mass is 526 g/mol. The molecular weight excluding hydrogens is 507 g/mol. The van der Waals surface area contributed by atoms with Crippen molar-refractivity contribution in [1.82, 2.24) is 15.6 Å². The Labute approximate surface area is 213 Å². The van der Waals surface area contributed by atoms with Gasteiger partial charge in [-0.05, 0) is 42.5 Å². The fraction of sp³-hybridized carbons (Fsp3) is 0.0833. The summed E-state index contributed by atoms with van der Waals surface area (Å²) in [4.78, 5) is 28.7. The van der Waals surface area contributed by atoms with E-state index in [1.807, 2.05) is 0 Å². The van der Waals surface area contributed by atoms with Gasteiger partial charge >= 0.3 is 12.1 Å². The lowest BCUT2D eigenvalue weighted by Gasteiger charge is -2.16. The Morgan fingerprint density at radius 3 is 2.53 bits per heavy atom. The average molecular weight is 526 g/mol. The van der Waals surface area contributed by atoms with E-state index in [1.54, 1.807) is 24.3 Å². The van der Waals surface area contributed by atoms with E-state index in [4.69, 9.17) is 4.74 Å². The molecule has 0 fully saturated rings. The summed E-state index contributed by atoms with van der Waals surface area (Å²) in [6, 6.07) is 11.8. The van der Waals surface area contributed by atoms with Gasteiger partial charge in [0.15, 0.2) is 18.1 Å². The Bertz CT molecular complexity index is 1470. The van der Waals surface area contributed by atoms with Gasteiger partial charge in [-0.1, -0.05) is 5.21 Å². The number of hydrogen-bond acceptors (Lipinski definition) is 6. The number of aromatic nitrogens is 4. The molecular formula is C24H19F3N7O4+. The molecule has 0 saturated carbocycles. The summed E-state index contributed by atoms with van der Waals surface area (Å²) in [5.74, 6) is 0.0238. The molecule has 0 radical (unpaired) electrons. The third-order valence-corrected chi connectivity index (χ3v) is 5.16. The first-order valence-electron chi connectivity index (χ1n) is 10.8. The van der Waals surface area contributed by atoms with E-state index in [0.29, 0.717) is 22.6 Å². The molecule has 0 unspecified atom stereocenters. The van der Waals surface area contributed by atoms with E-state index in [2.05, 4.69) is 20.6 Å². The molecule has 2 N–H and O–H groups in total. The zero-order valence-corrected chi connectivity index (χ0v) is 19.6. The number of amides is 2. The minimum atomic E-state index is -4.62. The van der Waals surface area contributed by atoms with E-state index >= 15 is 0 Å². The zero-order valence-electron chi connectivity index (χ0n) is 19.6. The number of halogens is 3. The molecule has 2 aromatic carbocycles. The van der Waals surface area contributed by atoms with E-state index in [-0.39, 0.29) is 22.8 Å². The quantitative estimate of drug-likeness (QED) is 0.120. The van der Waals surface area contributed by atoms with Crippen LogP contribution in [0.5, 0.6) is 11.5 Å². The summed E-state index contributed by atoms with van der Waals surface area (Å²) >= 11 is 0. The predicted octanol–water partition coefficient (Wildman–Crippen LogP) is 2.81. The molecule has 2 aromatic heterocycles. The first-order valence-corrected chi connectivity index (χ1v) is 10.8. The molecule has 2 heterocycles. The molecule has 0 saturated heterocycles. The molecule has 194 valence electrons. The Hall–Kier alpha value is -5.27. The summed E-state index contributed by atoms with van der Waals surface area (Å²) in [7, 11) is 1.39. The molecule has 11 nitrogen and oxygen atoms in total. The van der Waals surface area contributed by atoms with Gasteiger partial charge in [-0.2, -0.15) is 17.9 Å². The highest BCUT2D eigenvalue weighted by atomic mass is 19.4. The van der Waals surface area contributed by atoms with Crippen molar-refractivity contribution in [3.63, 3.8) is 0 Å². The summed E-state index contributed by atoms with van der Waals surface area (Å²) in [6.45, 7) is 0. The second-order valence-electron chi connectivity index (χ2n) is 7.60. The third-order valence-electron chi connectivity index (χ3n) is 5.16. The fourth-order valence-corrected chi connectivity index (χ4v) is 3.31. The molecule has 38 heavy (non-hydrogen) atoms. The zero-order chi connectivity index (χ0) is 27.3. The number of aliphatic imine (C=N–C) groups is 1. The minimum absolute atomic E-state index is 0.0839. The van der Waals surface area contributed by atoms with Crippen LogP contribution in [0.1, 0.15) is 16.1 Å². The number of carbonyl (C=O) groups excluding carboxylic acids is 2. The molecule has 0 aliphatic carbocycles. The van der Waals surface area contributed by atoms with E-state index in [1.165, 1.54) is 42.3 Å². The molecule has 4 aromatic rings. The van der Waals surface area contributed by atoms with Crippen molar-refractivity contribution >= 4 is 30.0 Å². The normalized spacial score (nSPS) is 11.4. The van der Waals surface area contributed by atoms with Gasteiger partial charge in [-0.15, -0.1) is 4.68 Å². The van der Waals surface area contributed by atoms with Crippen LogP contribution in [0.2, 0.25) is 0 Å². The Morgan fingerprint density at radius 2 is 1.89 bits per heavy atom. The number of ether oxygens (including phenoxy) is 1. The minimum Gasteiger partial charge on any atom is -0.618 e. The van der Waals surface area contributed by atoms with Gasteiger partial charge in [0.1, 0.15) is 17.8 Å². The summed E-state index contributed by atoms with van der Waals surface area (Å²) < 4.78 is 47.4. The molecule has 0 aliphatic heterocycles. The van der Waals surface area contributed by atoms with Crippen molar-refractivity contribution in [1.29, 1.82) is 0 Å². The molecule has 0 spiro atoms. The van der Waals surface area contributed by atoms with Crippen molar-refractivity contribution in [2.75, 3.05) is 11.9 Å². The number of benzene rings is 2. The van der Waals surface area contributed by atoms with Gasteiger partial charge in [0.05, 0.1) is 23.0 Å². The van der Waals surface area contributed by atoms with Crippen molar-refractivity contribution in [2.45, 2.75) is 6.18 Å². The van der Waals surface area contributed by atoms with Gasteiger partial charge in [0.25, 0.3) is 5.69 Å². The van der Waals surface area contributed by atoms with Crippen molar-refractivity contribution < 1.29 is 36.9 Å². The number of nitrogens with one attached hydrogen (secondary N) is 2. The SMILES string of the molecule is CNC(=O)c1cc(Oc2ccc(N=CN(C=O)c3cc(C(F)(F)F)ccc3-[n+]3ccn[nH]3)cc2)cc[n+]1[O-]. The van der Waals surface area contributed by atoms with E-state index in [9.17, 15) is 28.0 Å². The summed E-state index contributed by atoms with van der Waals surface area (Å²) in [6.07, 6.45) is 0.804. The number of carbonyl (C=O) groups is 2. The maximum atomic E-state index is 13.3. The number of pyridine rings is 1. The Kier molecular flexibility index (Phi) is 7.32. The second kappa shape index (κ2) is 10.8. The Morgan fingerprint density at radius 1 is 1.13 bits per heavy atom. The van der Waals surface area contributed by atoms with Crippen LogP contribution in [0.25, 0.3) is 5.69 Å². The van der Waals surface area contributed by atoms with Gasteiger partial charge in [0.2, 0.25) is 12.6 Å². The van der Waals surface area contributed by atoms with E-state index in [0.717, 1.165) is 29.6 Å². The number of anilines is 1. The van der Waals surface area contributed by atoms with Crippen LogP contribution in [0.15, 0.2) is 78.2 Å². The van der Waals surface area contributed by atoms with Gasteiger partial charge in [-0.25, -0.2) is 4.99 Å². The maximum absolute atomic E-state index is 13.3. The molecule has 14 heteroatoms. The van der Waals surface area contributed by atoms with Crippen LogP contribution in [0.3, 0.4) is 0 Å². The molecule has 0 atom stereocenters. The predicted molar refractivity (Wildman–Crippen MR) is 127 cm³/mol. The van der Waals surface area contributed by atoms with Crippen molar-refractivity contribution in [3.8, 4) is 17.2 Å². The smallest absolute Gasteiger partial charge is 0.416 e.